The highest BCUT2D eigenvalue weighted by molar-refractivity contribution is 5.85. The molecule has 0 saturated carbocycles. The van der Waals surface area contributed by atoms with E-state index in [0.717, 1.165) is 16.9 Å². The third-order valence-corrected chi connectivity index (χ3v) is 3.50. The van der Waals surface area contributed by atoms with Gasteiger partial charge in [-0.1, -0.05) is 42.0 Å². The standard InChI is InChI=1S/C19H24N2O2.ClH/c1-15-4-3-5-17(12-15)14-23-18-8-6-16(7-9-18)13-21-19(22)10-11-20-2;/h3-9,12,20H,10-11,13-14H2,1-2H3,(H,21,22);1H. The highest BCUT2D eigenvalue weighted by atomic mass is 35.5. The highest BCUT2D eigenvalue weighted by Gasteiger charge is 2.01. The lowest BCUT2D eigenvalue weighted by molar-refractivity contribution is -0.121. The van der Waals surface area contributed by atoms with Crippen molar-refractivity contribution in [3.8, 4) is 5.75 Å². The number of amides is 1. The van der Waals surface area contributed by atoms with Crippen LogP contribution in [0, 0.1) is 6.92 Å². The predicted molar refractivity (Wildman–Crippen MR) is 99.6 cm³/mol. The average molecular weight is 349 g/mol. The normalized spacial score (nSPS) is 9.92. The first-order valence-corrected chi connectivity index (χ1v) is 7.86. The van der Waals surface area contributed by atoms with Crippen molar-refractivity contribution in [3.63, 3.8) is 0 Å². The Morgan fingerprint density at radius 3 is 2.50 bits per heavy atom. The van der Waals surface area contributed by atoms with Crippen LogP contribution in [0.2, 0.25) is 0 Å². The molecule has 4 nitrogen and oxygen atoms in total. The van der Waals surface area contributed by atoms with Gasteiger partial charge in [0.25, 0.3) is 0 Å². The second-order valence-corrected chi connectivity index (χ2v) is 5.55. The molecule has 0 heterocycles. The van der Waals surface area contributed by atoms with Gasteiger partial charge in [-0.2, -0.15) is 0 Å². The maximum Gasteiger partial charge on any atom is 0.221 e. The molecule has 0 bridgehead atoms. The lowest BCUT2D eigenvalue weighted by Crippen LogP contribution is -2.26. The Morgan fingerprint density at radius 2 is 1.83 bits per heavy atom. The molecular formula is C19H25ClN2O2. The van der Waals surface area contributed by atoms with E-state index in [4.69, 9.17) is 4.74 Å². The van der Waals surface area contributed by atoms with Crippen LogP contribution in [-0.2, 0) is 17.9 Å². The van der Waals surface area contributed by atoms with Crippen LogP contribution in [0.3, 0.4) is 0 Å². The molecule has 0 aromatic heterocycles. The summed E-state index contributed by atoms with van der Waals surface area (Å²) in [4.78, 5) is 11.6. The molecule has 2 rings (SSSR count). The van der Waals surface area contributed by atoms with Crippen molar-refractivity contribution in [2.75, 3.05) is 13.6 Å². The van der Waals surface area contributed by atoms with E-state index >= 15 is 0 Å². The minimum Gasteiger partial charge on any atom is -0.489 e. The lowest BCUT2D eigenvalue weighted by atomic mass is 10.1. The maximum atomic E-state index is 11.6. The first kappa shape index (κ1) is 20.0. The van der Waals surface area contributed by atoms with E-state index in [1.54, 1.807) is 0 Å². The smallest absolute Gasteiger partial charge is 0.221 e. The minimum atomic E-state index is 0. The Balaban J connectivity index is 0.00000288. The zero-order chi connectivity index (χ0) is 16.5. The fourth-order valence-corrected chi connectivity index (χ4v) is 2.20. The molecule has 0 fully saturated rings. The van der Waals surface area contributed by atoms with Crippen LogP contribution in [0.5, 0.6) is 5.75 Å². The maximum absolute atomic E-state index is 11.6. The van der Waals surface area contributed by atoms with Crippen molar-refractivity contribution >= 4 is 18.3 Å². The number of carbonyl (C=O) groups is 1. The molecule has 0 aliphatic heterocycles. The molecule has 0 aliphatic rings. The van der Waals surface area contributed by atoms with Crippen LogP contribution in [0.15, 0.2) is 48.5 Å². The molecule has 0 saturated heterocycles. The van der Waals surface area contributed by atoms with Crippen molar-refractivity contribution in [3.05, 3.63) is 65.2 Å². The lowest BCUT2D eigenvalue weighted by Gasteiger charge is -2.09. The number of carbonyl (C=O) groups excluding carboxylic acids is 1. The summed E-state index contributed by atoms with van der Waals surface area (Å²) in [6.45, 7) is 3.86. The van der Waals surface area contributed by atoms with Gasteiger partial charge >= 0.3 is 0 Å². The third-order valence-electron chi connectivity index (χ3n) is 3.50. The van der Waals surface area contributed by atoms with Gasteiger partial charge in [0.1, 0.15) is 12.4 Å². The molecule has 0 atom stereocenters. The Bertz CT molecular complexity index is 630. The van der Waals surface area contributed by atoms with Crippen LogP contribution in [-0.4, -0.2) is 19.5 Å². The van der Waals surface area contributed by atoms with Crippen molar-refractivity contribution in [2.24, 2.45) is 0 Å². The fraction of sp³-hybridized carbons (Fsp3) is 0.316. The molecule has 24 heavy (non-hydrogen) atoms. The Morgan fingerprint density at radius 1 is 1.08 bits per heavy atom. The van der Waals surface area contributed by atoms with Gasteiger partial charge in [0.15, 0.2) is 0 Å². The summed E-state index contributed by atoms with van der Waals surface area (Å²) >= 11 is 0. The van der Waals surface area contributed by atoms with Gasteiger partial charge in [-0.25, -0.2) is 0 Å². The quantitative estimate of drug-likeness (QED) is 0.770. The third kappa shape index (κ3) is 7.02. The first-order chi connectivity index (χ1) is 11.2. The number of ether oxygens (including phenoxy) is 1. The van der Waals surface area contributed by atoms with Crippen LogP contribution < -0.4 is 15.4 Å². The van der Waals surface area contributed by atoms with Crippen molar-refractivity contribution in [1.82, 2.24) is 10.6 Å². The molecule has 1 amide bonds. The molecular weight excluding hydrogens is 324 g/mol. The number of rotatable bonds is 8. The second-order valence-electron chi connectivity index (χ2n) is 5.55. The Labute approximate surface area is 150 Å². The molecule has 2 N–H and O–H groups in total. The summed E-state index contributed by atoms with van der Waals surface area (Å²) in [7, 11) is 1.84. The summed E-state index contributed by atoms with van der Waals surface area (Å²) < 4.78 is 5.79. The largest absolute Gasteiger partial charge is 0.489 e. The van der Waals surface area contributed by atoms with E-state index in [-0.39, 0.29) is 18.3 Å². The fourth-order valence-electron chi connectivity index (χ4n) is 2.20. The number of halogens is 1. The van der Waals surface area contributed by atoms with Crippen LogP contribution in [0.25, 0.3) is 0 Å². The van der Waals surface area contributed by atoms with E-state index < -0.39 is 0 Å². The first-order valence-electron chi connectivity index (χ1n) is 7.86. The van der Waals surface area contributed by atoms with E-state index in [1.165, 1.54) is 5.56 Å². The zero-order valence-corrected chi connectivity index (χ0v) is 15.0. The molecule has 0 radical (unpaired) electrons. The minimum absolute atomic E-state index is 0. The Hall–Kier alpha value is -2.04. The van der Waals surface area contributed by atoms with E-state index in [2.05, 4.69) is 35.8 Å². The van der Waals surface area contributed by atoms with Gasteiger partial charge in [0.2, 0.25) is 5.91 Å². The number of benzene rings is 2. The van der Waals surface area contributed by atoms with E-state index in [1.807, 2.05) is 37.4 Å². The number of hydrogen-bond acceptors (Lipinski definition) is 3. The number of hydrogen-bond donors (Lipinski definition) is 2. The van der Waals surface area contributed by atoms with Crippen molar-refractivity contribution < 1.29 is 9.53 Å². The number of nitrogens with one attached hydrogen (secondary N) is 2. The van der Waals surface area contributed by atoms with Crippen LogP contribution in [0.4, 0.5) is 0 Å². The van der Waals surface area contributed by atoms with Gasteiger partial charge in [-0.15, -0.1) is 12.4 Å². The van der Waals surface area contributed by atoms with E-state index in [9.17, 15) is 4.79 Å². The van der Waals surface area contributed by atoms with Gasteiger partial charge in [-0.05, 0) is 37.2 Å². The second kappa shape index (κ2) is 10.7. The monoisotopic (exact) mass is 348 g/mol. The van der Waals surface area contributed by atoms with Crippen molar-refractivity contribution in [1.29, 1.82) is 0 Å². The summed E-state index contributed by atoms with van der Waals surface area (Å²) in [5.41, 5.74) is 3.45. The van der Waals surface area contributed by atoms with Gasteiger partial charge in [-0.3, -0.25) is 4.79 Å². The summed E-state index contributed by atoms with van der Waals surface area (Å²) in [6, 6.07) is 16.1. The highest BCUT2D eigenvalue weighted by Crippen LogP contribution is 2.14. The number of aryl methyl sites for hydroxylation is 1. The average Bonchev–Trinajstić information content (AvgIpc) is 2.57. The molecule has 5 heteroatoms. The summed E-state index contributed by atoms with van der Waals surface area (Å²) in [6.07, 6.45) is 0.494. The van der Waals surface area contributed by atoms with Crippen molar-refractivity contribution in [2.45, 2.75) is 26.5 Å². The Kier molecular flexibility index (Phi) is 8.90. The predicted octanol–water partition coefficient (Wildman–Crippen LogP) is 3.22. The zero-order valence-electron chi connectivity index (χ0n) is 14.2. The molecule has 2 aromatic rings. The van der Waals surface area contributed by atoms with Crippen LogP contribution in [0.1, 0.15) is 23.1 Å². The summed E-state index contributed by atoms with van der Waals surface area (Å²) in [5, 5.41) is 5.86. The summed E-state index contributed by atoms with van der Waals surface area (Å²) in [5.74, 6) is 0.885. The molecule has 0 unspecified atom stereocenters. The van der Waals surface area contributed by atoms with Gasteiger partial charge in [0, 0.05) is 19.5 Å². The molecule has 0 spiro atoms. The molecule has 2 aromatic carbocycles. The van der Waals surface area contributed by atoms with E-state index in [0.29, 0.717) is 26.1 Å². The molecule has 0 aliphatic carbocycles. The molecule has 130 valence electrons. The topological polar surface area (TPSA) is 50.4 Å². The van der Waals surface area contributed by atoms with Gasteiger partial charge < -0.3 is 15.4 Å². The van der Waals surface area contributed by atoms with Gasteiger partial charge in [0.05, 0.1) is 0 Å². The van der Waals surface area contributed by atoms with Crippen LogP contribution >= 0.6 is 12.4 Å². The SMILES string of the molecule is CNCCC(=O)NCc1ccc(OCc2cccc(C)c2)cc1.Cl.